The number of carbonyl (C=O) groups excluding carboxylic acids is 1. The summed E-state index contributed by atoms with van der Waals surface area (Å²) in [5.74, 6) is -0.0231. The van der Waals surface area contributed by atoms with Gasteiger partial charge in [0.25, 0.3) is 0 Å². The maximum Gasteiger partial charge on any atom is 0.240 e. The summed E-state index contributed by atoms with van der Waals surface area (Å²) >= 11 is 1.61. The number of carbonyl (C=O) groups is 1. The van der Waals surface area contributed by atoms with Gasteiger partial charge in [-0.15, -0.1) is 11.3 Å². The van der Waals surface area contributed by atoms with Crippen LogP contribution in [0.5, 0.6) is 0 Å². The van der Waals surface area contributed by atoms with E-state index in [1.54, 1.807) is 11.3 Å². The Morgan fingerprint density at radius 3 is 2.82 bits per heavy atom. The van der Waals surface area contributed by atoms with Crippen LogP contribution in [0.3, 0.4) is 0 Å². The van der Waals surface area contributed by atoms with E-state index in [1.165, 1.54) is 6.42 Å². The number of rotatable bonds is 3. The van der Waals surface area contributed by atoms with E-state index in [0.717, 1.165) is 35.6 Å². The van der Waals surface area contributed by atoms with Gasteiger partial charge in [0.05, 0.1) is 12.1 Å². The van der Waals surface area contributed by atoms with Crippen LogP contribution >= 0.6 is 11.3 Å². The molecule has 0 bridgehead atoms. The molecule has 0 aromatic carbocycles. The molecule has 0 unspecified atom stereocenters. The number of hydrogen-bond donors (Lipinski definition) is 2. The van der Waals surface area contributed by atoms with Crippen molar-refractivity contribution in [2.45, 2.75) is 51.1 Å². The molecule has 0 saturated heterocycles. The van der Waals surface area contributed by atoms with E-state index in [0.29, 0.717) is 6.54 Å². The van der Waals surface area contributed by atoms with Gasteiger partial charge in [0, 0.05) is 11.1 Å². The van der Waals surface area contributed by atoms with Crippen LogP contribution in [0.15, 0.2) is 6.20 Å². The van der Waals surface area contributed by atoms with E-state index in [4.69, 9.17) is 5.73 Å². The maximum absolute atomic E-state index is 12.0. The summed E-state index contributed by atoms with van der Waals surface area (Å²) in [6.07, 6.45) is 6.73. The number of nitrogens with zero attached hydrogens (tertiary/aromatic N) is 1. The summed E-state index contributed by atoms with van der Waals surface area (Å²) in [5, 5.41) is 3.85. The molecule has 0 aliphatic heterocycles. The molecule has 1 aliphatic carbocycles. The van der Waals surface area contributed by atoms with Crippen LogP contribution in [0.4, 0.5) is 0 Å². The molecular formula is C12H19N3OS. The molecular weight excluding hydrogens is 234 g/mol. The zero-order chi connectivity index (χ0) is 12.3. The molecule has 1 aliphatic rings. The highest BCUT2D eigenvalue weighted by Crippen LogP contribution is 2.26. The first kappa shape index (κ1) is 12.5. The molecule has 4 nitrogen and oxygen atoms in total. The normalized spacial score (nSPS) is 18.9. The minimum atomic E-state index is -0.648. The standard InChI is InChI=1S/C12H19N3OS/c1-9-7-14-10(17-9)8-15-11(16)12(13)5-3-2-4-6-12/h7H,2-6,8,13H2,1H3,(H,15,16). The fourth-order valence-corrected chi connectivity index (χ4v) is 2.95. The molecule has 0 radical (unpaired) electrons. The number of nitrogens with two attached hydrogens (primary N) is 1. The Bertz CT molecular complexity index is 396. The molecule has 1 heterocycles. The van der Waals surface area contributed by atoms with Gasteiger partial charge >= 0.3 is 0 Å². The van der Waals surface area contributed by atoms with Crippen molar-refractivity contribution in [3.05, 3.63) is 16.1 Å². The van der Waals surface area contributed by atoms with Gasteiger partial charge in [-0.1, -0.05) is 19.3 Å². The lowest BCUT2D eigenvalue weighted by Crippen LogP contribution is -2.54. The molecule has 0 atom stereocenters. The Balaban J connectivity index is 1.88. The van der Waals surface area contributed by atoms with Gasteiger partial charge in [-0.3, -0.25) is 4.79 Å². The summed E-state index contributed by atoms with van der Waals surface area (Å²) in [6, 6.07) is 0. The van der Waals surface area contributed by atoms with Crippen molar-refractivity contribution in [3.8, 4) is 0 Å². The van der Waals surface area contributed by atoms with E-state index >= 15 is 0 Å². The smallest absolute Gasteiger partial charge is 0.240 e. The van der Waals surface area contributed by atoms with Gasteiger partial charge in [-0.25, -0.2) is 4.98 Å². The zero-order valence-electron chi connectivity index (χ0n) is 10.2. The number of thiazole rings is 1. The van der Waals surface area contributed by atoms with Crippen LogP contribution in [0.2, 0.25) is 0 Å². The predicted molar refractivity (Wildman–Crippen MR) is 68.7 cm³/mol. The quantitative estimate of drug-likeness (QED) is 0.862. The lowest BCUT2D eigenvalue weighted by atomic mass is 9.82. The third kappa shape index (κ3) is 3.04. The largest absolute Gasteiger partial charge is 0.348 e. The van der Waals surface area contributed by atoms with Crippen LogP contribution in [-0.4, -0.2) is 16.4 Å². The molecule has 1 amide bonds. The first-order valence-corrected chi connectivity index (χ1v) is 6.90. The van der Waals surface area contributed by atoms with Crippen LogP contribution < -0.4 is 11.1 Å². The third-order valence-electron chi connectivity index (χ3n) is 3.27. The second-order valence-corrected chi connectivity index (χ2v) is 6.08. The lowest BCUT2D eigenvalue weighted by Gasteiger charge is -2.31. The molecule has 5 heteroatoms. The number of aromatic nitrogens is 1. The van der Waals surface area contributed by atoms with E-state index in [1.807, 2.05) is 13.1 Å². The van der Waals surface area contributed by atoms with Gasteiger partial charge in [-0.2, -0.15) is 0 Å². The highest BCUT2D eigenvalue weighted by atomic mass is 32.1. The van der Waals surface area contributed by atoms with Crippen LogP contribution in [0.25, 0.3) is 0 Å². The Labute approximate surface area is 106 Å². The van der Waals surface area contributed by atoms with Crippen molar-refractivity contribution < 1.29 is 4.79 Å². The molecule has 2 rings (SSSR count). The minimum absolute atomic E-state index is 0.0231. The molecule has 17 heavy (non-hydrogen) atoms. The Morgan fingerprint density at radius 1 is 1.53 bits per heavy atom. The van der Waals surface area contributed by atoms with E-state index in [2.05, 4.69) is 10.3 Å². The van der Waals surface area contributed by atoms with Crippen molar-refractivity contribution in [3.63, 3.8) is 0 Å². The van der Waals surface area contributed by atoms with E-state index in [-0.39, 0.29) is 5.91 Å². The van der Waals surface area contributed by atoms with Crippen LogP contribution in [-0.2, 0) is 11.3 Å². The zero-order valence-corrected chi connectivity index (χ0v) is 11.0. The highest BCUT2D eigenvalue weighted by Gasteiger charge is 2.34. The Morgan fingerprint density at radius 2 is 2.24 bits per heavy atom. The second kappa shape index (κ2) is 5.14. The highest BCUT2D eigenvalue weighted by molar-refractivity contribution is 7.11. The molecule has 0 spiro atoms. The van der Waals surface area contributed by atoms with Gasteiger partial charge < -0.3 is 11.1 Å². The minimum Gasteiger partial charge on any atom is -0.348 e. The van der Waals surface area contributed by atoms with Crippen molar-refractivity contribution in [2.24, 2.45) is 5.73 Å². The lowest BCUT2D eigenvalue weighted by molar-refractivity contribution is -0.127. The van der Waals surface area contributed by atoms with Crippen molar-refractivity contribution in [1.82, 2.24) is 10.3 Å². The average molecular weight is 253 g/mol. The molecule has 1 saturated carbocycles. The number of aryl methyl sites for hydroxylation is 1. The summed E-state index contributed by atoms with van der Waals surface area (Å²) in [6.45, 7) is 2.50. The van der Waals surface area contributed by atoms with Gasteiger partial charge in [0.1, 0.15) is 5.01 Å². The predicted octanol–water partition coefficient (Wildman–Crippen LogP) is 1.73. The monoisotopic (exact) mass is 253 g/mol. The van der Waals surface area contributed by atoms with Crippen molar-refractivity contribution in [1.29, 1.82) is 0 Å². The van der Waals surface area contributed by atoms with E-state index < -0.39 is 5.54 Å². The molecule has 1 aromatic heterocycles. The van der Waals surface area contributed by atoms with Crippen LogP contribution in [0, 0.1) is 6.92 Å². The number of amides is 1. The van der Waals surface area contributed by atoms with Gasteiger partial charge in [-0.05, 0) is 19.8 Å². The van der Waals surface area contributed by atoms with Crippen molar-refractivity contribution >= 4 is 17.2 Å². The summed E-state index contributed by atoms with van der Waals surface area (Å²) in [4.78, 5) is 17.4. The van der Waals surface area contributed by atoms with E-state index in [9.17, 15) is 4.79 Å². The molecule has 3 N–H and O–H groups in total. The topological polar surface area (TPSA) is 68.0 Å². The van der Waals surface area contributed by atoms with Crippen molar-refractivity contribution in [2.75, 3.05) is 0 Å². The average Bonchev–Trinajstić information content (AvgIpc) is 2.73. The van der Waals surface area contributed by atoms with Gasteiger partial charge in [0.15, 0.2) is 0 Å². The summed E-state index contributed by atoms with van der Waals surface area (Å²) < 4.78 is 0. The third-order valence-corrected chi connectivity index (χ3v) is 4.18. The number of nitrogens with one attached hydrogen (secondary N) is 1. The maximum atomic E-state index is 12.0. The SMILES string of the molecule is Cc1cnc(CNC(=O)C2(N)CCCCC2)s1. The fourth-order valence-electron chi connectivity index (χ4n) is 2.22. The Hall–Kier alpha value is -0.940. The molecule has 94 valence electrons. The first-order valence-electron chi connectivity index (χ1n) is 6.09. The summed E-state index contributed by atoms with van der Waals surface area (Å²) in [5.41, 5.74) is 5.49. The summed E-state index contributed by atoms with van der Waals surface area (Å²) in [7, 11) is 0. The number of hydrogen-bond acceptors (Lipinski definition) is 4. The first-order chi connectivity index (χ1) is 8.10. The molecule has 1 aromatic rings. The second-order valence-electron chi connectivity index (χ2n) is 4.76. The van der Waals surface area contributed by atoms with Gasteiger partial charge in [0.2, 0.25) is 5.91 Å². The van der Waals surface area contributed by atoms with Crippen LogP contribution in [0.1, 0.15) is 42.0 Å². The molecule has 1 fully saturated rings. The fraction of sp³-hybridized carbons (Fsp3) is 0.667. The Kier molecular flexibility index (Phi) is 3.79.